The van der Waals surface area contributed by atoms with Crippen molar-refractivity contribution in [3.05, 3.63) is 29.8 Å². The molecule has 2 aliphatic heterocycles. The molecule has 3 rings (SSSR count). The Kier molecular flexibility index (Phi) is 2.31. The highest BCUT2D eigenvalue weighted by Gasteiger charge is 2.32. The van der Waals surface area contributed by atoms with E-state index in [2.05, 4.69) is 46.4 Å². The SMILES string of the molecule is CCN1c2ccccc2CC1C1=NCCN1. The maximum absolute atomic E-state index is 4.56. The third kappa shape index (κ3) is 1.39. The number of rotatable bonds is 2. The third-order valence-electron chi connectivity index (χ3n) is 3.45. The van der Waals surface area contributed by atoms with Gasteiger partial charge in [0.15, 0.2) is 0 Å². The molecule has 0 amide bonds. The van der Waals surface area contributed by atoms with Crippen LogP contribution in [-0.2, 0) is 6.42 Å². The zero-order chi connectivity index (χ0) is 11.0. The van der Waals surface area contributed by atoms with Crippen LogP contribution >= 0.6 is 0 Å². The van der Waals surface area contributed by atoms with E-state index in [0.717, 1.165) is 26.1 Å². The lowest BCUT2D eigenvalue weighted by molar-refractivity contribution is 0.761. The molecule has 1 atom stereocenters. The lowest BCUT2D eigenvalue weighted by atomic mass is 10.1. The van der Waals surface area contributed by atoms with Gasteiger partial charge in [-0.3, -0.25) is 4.99 Å². The van der Waals surface area contributed by atoms with Gasteiger partial charge in [-0.2, -0.15) is 0 Å². The van der Waals surface area contributed by atoms with Crippen molar-refractivity contribution in [2.45, 2.75) is 19.4 Å². The first-order chi connectivity index (χ1) is 7.90. The van der Waals surface area contributed by atoms with Crippen LogP contribution in [0.2, 0.25) is 0 Å². The molecule has 0 spiro atoms. The van der Waals surface area contributed by atoms with E-state index in [1.165, 1.54) is 17.1 Å². The lowest BCUT2D eigenvalue weighted by Crippen LogP contribution is -2.43. The van der Waals surface area contributed by atoms with Crippen molar-refractivity contribution in [3.63, 3.8) is 0 Å². The van der Waals surface area contributed by atoms with E-state index >= 15 is 0 Å². The molecule has 3 heteroatoms. The van der Waals surface area contributed by atoms with Gasteiger partial charge in [-0.1, -0.05) is 18.2 Å². The van der Waals surface area contributed by atoms with Crippen molar-refractivity contribution >= 4 is 11.5 Å². The summed E-state index contributed by atoms with van der Waals surface area (Å²) < 4.78 is 0. The topological polar surface area (TPSA) is 27.6 Å². The number of fused-ring (bicyclic) bond motifs is 1. The number of amidine groups is 1. The largest absolute Gasteiger partial charge is 0.370 e. The minimum absolute atomic E-state index is 0.435. The predicted molar refractivity (Wildman–Crippen MR) is 67.3 cm³/mol. The van der Waals surface area contributed by atoms with Gasteiger partial charge in [-0.15, -0.1) is 0 Å². The van der Waals surface area contributed by atoms with Gasteiger partial charge >= 0.3 is 0 Å². The Labute approximate surface area is 96.2 Å². The molecule has 0 aliphatic carbocycles. The van der Waals surface area contributed by atoms with Gasteiger partial charge in [0.05, 0.1) is 12.6 Å². The summed E-state index contributed by atoms with van der Waals surface area (Å²) in [5, 5.41) is 3.41. The number of nitrogens with zero attached hydrogens (tertiary/aromatic N) is 2. The summed E-state index contributed by atoms with van der Waals surface area (Å²) in [6.45, 7) is 5.19. The summed E-state index contributed by atoms with van der Waals surface area (Å²) in [6.07, 6.45) is 1.09. The van der Waals surface area contributed by atoms with Crippen LogP contribution in [0.5, 0.6) is 0 Å². The monoisotopic (exact) mass is 215 g/mol. The minimum atomic E-state index is 0.435. The van der Waals surface area contributed by atoms with Crippen LogP contribution < -0.4 is 10.2 Å². The van der Waals surface area contributed by atoms with Crippen molar-refractivity contribution in [2.75, 3.05) is 24.5 Å². The fourth-order valence-electron chi connectivity index (χ4n) is 2.72. The Hall–Kier alpha value is -1.51. The van der Waals surface area contributed by atoms with E-state index in [9.17, 15) is 0 Å². The van der Waals surface area contributed by atoms with Gasteiger partial charge in [-0.25, -0.2) is 0 Å². The molecule has 1 aromatic rings. The second kappa shape index (κ2) is 3.81. The van der Waals surface area contributed by atoms with E-state index in [-0.39, 0.29) is 0 Å². The summed E-state index contributed by atoms with van der Waals surface area (Å²) in [6, 6.07) is 9.12. The minimum Gasteiger partial charge on any atom is -0.370 e. The lowest BCUT2D eigenvalue weighted by Gasteiger charge is -2.26. The molecule has 0 aromatic heterocycles. The maximum Gasteiger partial charge on any atom is 0.120 e. The number of hydrogen-bond acceptors (Lipinski definition) is 3. The van der Waals surface area contributed by atoms with Gasteiger partial charge in [0.25, 0.3) is 0 Å². The van der Waals surface area contributed by atoms with Gasteiger partial charge < -0.3 is 10.2 Å². The molecule has 0 saturated carbocycles. The standard InChI is InChI=1S/C13H17N3/c1-2-16-11-6-4-3-5-10(11)9-12(16)13-14-7-8-15-13/h3-6,12H,2,7-9H2,1H3,(H,14,15). The number of benzene rings is 1. The van der Waals surface area contributed by atoms with Crippen LogP contribution in [0.1, 0.15) is 12.5 Å². The Morgan fingerprint density at radius 3 is 3.06 bits per heavy atom. The zero-order valence-electron chi connectivity index (χ0n) is 9.61. The molecular formula is C13H17N3. The predicted octanol–water partition coefficient (Wildman–Crippen LogP) is 1.44. The molecule has 0 radical (unpaired) electrons. The molecule has 0 bridgehead atoms. The molecule has 1 unspecified atom stereocenters. The van der Waals surface area contributed by atoms with E-state index in [4.69, 9.17) is 0 Å². The second-order valence-corrected chi connectivity index (χ2v) is 4.33. The van der Waals surface area contributed by atoms with Crippen LogP contribution in [-0.4, -0.2) is 31.5 Å². The Morgan fingerprint density at radius 1 is 1.44 bits per heavy atom. The van der Waals surface area contributed by atoms with Crippen LogP contribution in [0.3, 0.4) is 0 Å². The molecule has 16 heavy (non-hydrogen) atoms. The summed E-state index contributed by atoms with van der Waals surface area (Å²) in [5.41, 5.74) is 2.83. The maximum atomic E-state index is 4.56. The number of aliphatic imine (C=N–C) groups is 1. The molecule has 2 heterocycles. The van der Waals surface area contributed by atoms with E-state index in [1.54, 1.807) is 0 Å². The van der Waals surface area contributed by atoms with Crippen molar-refractivity contribution in [1.29, 1.82) is 0 Å². The highest BCUT2D eigenvalue weighted by Crippen LogP contribution is 2.32. The highest BCUT2D eigenvalue weighted by atomic mass is 15.2. The molecule has 1 aromatic carbocycles. The highest BCUT2D eigenvalue weighted by molar-refractivity contribution is 5.93. The van der Waals surface area contributed by atoms with Crippen molar-refractivity contribution in [1.82, 2.24) is 5.32 Å². The number of para-hydroxylation sites is 1. The van der Waals surface area contributed by atoms with Gasteiger partial charge in [0, 0.05) is 25.2 Å². The first-order valence-electron chi connectivity index (χ1n) is 6.03. The molecule has 1 N–H and O–H groups in total. The first kappa shape index (κ1) is 9.70. The molecule has 84 valence electrons. The van der Waals surface area contributed by atoms with Crippen molar-refractivity contribution in [2.24, 2.45) is 4.99 Å². The Morgan fingerprint density at radius 2 is 2.31 bits per heavy atom. The molecule has 0 fully saturated rings. The Bertz CT molecular complexity index is 425. The van der Waals surface area contributed by atoms with E-state index < -0.39 is 0 Å². The quantitative estimate of drug-likeness (QED) is 0.808. The molecular weight excluding hydrogens is 198 g/mol. The van der Waals surface area contributed by atoms with Crippen LogP contribution in [0.25, 0.3) is 0 Å². The number of anilines is 1. The fourth-order valence-corrected chi connectivity index (χ4v) is 2.72. The molecule has 3 nitrogen and oxygen atoms in total. The number of nitrogens with one attached hydrogen (secondary N) is 1. The smallest absolute Gasteiger partial charge is 0.120 e. The summed E-state index contributed by atoms with van der Waals surface area (Å²) in [7, 11) is 0. The van der Waals surface area contributed by atoms with Crippen molar-refractivity contribution < 1.29 is 0 Å². The summed E-state index contributed by atoms with van der Waals surface area (Å²) in [4.78, 5) is 7.01. The van der Waals surface area contributed by atoms with E-state index in [1.807, 2.05) is 0 Å². The third-order valence-corrected chi connectivity index (χ3v) is 3.45. The van der Waals surface area contributed by atoms with Crippen LogP contribution in [0.4, 0.5) is 5.69 Å². The average Bonchev–Trinajstić information content (AvgIpc) is 2.95. The van der Waals surface area contributed by atoms with Crippen LogP contribution in [0.15, 0.2) is 29.3 Å². The van der Waals surface area contributed by atoms with Gasteiger partial charge in [0.2, 0.25) is 0 Å². The first-order valence-corrected chi connectivity index (χ1v) is 6.03. The summed E-state index contributed by atoms with van der Waals surface area (Å²) >= 11 is 0. The Balaban J connectivity index is 1.94. The fraction of sp³-hybridized carbons (Fsp3) is 0.462. The summed E-state index contributed by atoms with van der Waals surface area (Å²) in [5.74, 6) is 1.18. The molecule has 0 saturated heterocycles. The number of hydrogen-bond donors (Lipinski definition) is 1. The zero-order valence-corrected chi connectivity index (χ0v) is 9.61. The van der Waals surface area contributed by atoms with Crippen LogP contribution in [0, 0.1) is 0 Å². The van der Waals surface area contributed by atoms with Gasteiger partial charge in [-0.05, 0) is 18.6 Å². The van der Waals surface area contributed by atoms with E-state index in [0.29, 0.717) is 6.04 Å². The normalized spacial score (nSPS) is 22.9. The average molecular weight is 215 g/mol. The number of likely N-dealkylation sites (N-methyl/N-ethyl adjacent to an activating group) is 1. The van der Waals surface area contributed by atoms with Gasteiger partial charge in [0.1, 0.15) is 5.84 Å². The van der Waals surface area contributed by atoms with Crippen molar-refractivity contribution in [3.8, 4) is 0 Å². The molecule has 2 aliphatic rings. The second-order valence-electron chi connectivity index (χ2n) is 4.33.